The Kier molecular flexibility index (Phi) is 5.05. The van der Waals surface area contributed by atoms with E-state index in [2.05, 4.69) is 56.4 Å². The summed E-state index contributed by atoms with van der Waals surface area (Å²) in [6.07, 6.45) is 1.85. The molecule has 0 bridgehead atoms. The molecule has 1 atom stereocenters. The second-order valence-electron chi connectivity index (χ2n) is 7.07. The molecule has 142 valence electrons. The molecular weight excluding hydrogens is 389 g/mol. The Balaban J connectivity index is 1.94. The number of benzene rings is 2. The van der Waals surface area contributed by atoms with Gasteiger partial charge < -0.3 is 5.32 Å². The van der Waals surface area contributed by atoms with Crippen LogP contribution in [0.5, 0.6) is 0 Å². The topological polar surface area (TPSA) is 29.3 Å². The highest BCUT2D eigenvalue weighted by Gasteiger charge is 2.22. The van der Waals surface area contributed by atoms with Crippen LogP contribution in [-0.4, -0.2) is 9.38 Å². The maximum Gasteiger partial charge on any atom is 0.157 e. The molecule has 0 spiro atoms. The third-order valence-electron chi connectivity index (χ3n) is 5.10. The maximum absolute atomic E-state index is 6.47. The fourth-order valence-electron chi connectivity index (χ4n) is 3.55. The van der Waals surface area contributed by atoms with Crippen molar-refractivity contribution in [2.45, 2.75) is 26.7 Å². The Labute approximate surface area is 174 Å². The van der Waals surface area contributed by atoms with Crippen molar-refractivity contribution in [1.29, 1.82) is 0 Å². The summed E-state index contributed by atoms with van der Waals surface area (Å²) in [6, 6.07) is 18.3. The Morgan fingerprint density at radius 3 is 2.32 bits per heavy atom. The van der Waals surface area contributed by atoms with E-state index in [0.29, 0.717) is 15.7 Å². The van der Waals surface area contributed by atoms with Crippen molar-refractivity contribution < 1.29 is 0 Å². The number of nitrogens with zero attached hydrogens (tertiary/aromatic N) is 2. The summed E-state index contributed by atoms with van der Waals surface area (Å²) >= 11 is 12.8. The molecule has 0 fully saturated rings. The minimum absolute atomic E-state index is 0.0859. The molecule has 0 aliphatic carbocycles. The lowest BCUT2D eigenvalue weighted by Crippen LogP contribution is -2.05. The van der Waals surface area contributed by atoms with E-state index in [1.165, 1.54) is 16.7 Å². The highest BCUT2D eigenvalue weighted by molar-refractivity contribution is 6.36. The number of anilines is 2. The molecule has 0 saturated carbocycles. The summed E-state index contributed by atoms with van der Waals surface area (Å²) in [5.41, 5.74) is 6.22. The van der Waals surface area contributed by atoms with E-state index < -0.39 is 0 Å². The molecule has 5 heteroatoms. The first-order chi connectivity index (χ1) is 13.5. The molecule has 1 N–H and O–H groups in total. The molecule has 0 unspecified atom stereocenters. The van der Waals surface area contributed by atoms with Crippen LogP contribution in [0, 0.1) is 13.8 Å². The van der Waals surface area contributed by atoms with Crippen molar-refractivity contribution in [1.82, 2.24) is 9.38 Å². The van der Waals surface area contributed by atoms with Crippen molar-refractivity contribution in [2.75, 3.05) is 5.32 Å². The third kappa shape index (κ3) is 3.36. The molecule has 0 radical (unpaired) electrons. The fourth-order valence-corrected chi connectivity index (χ4v) is 4.06. The van der Waals surface area contributed by atoms with Gasteiger partial charge in [0.1, 0.15) is 5.82 Å². The van der Waals surface area contributed by atoms with Gasteiger partial charge in [0.2, 0.25) is 0 Å². The molecule has 28 heavy (non-hydrogen) atoms. The van der Waals surface area contributed by atoms with Crippen LogP contribution in [-0.2, 0) is 0 Å². The quantitative estimate of drug-likeness (QED) is 0.387. The second-order valence-corrected chi connectivity index (χ2v) is 7.91. The van der Waals surface area contributed by atoms with E-state index in [0.717, 1.165) is 17.2 Å². The number of aryl methyl sites for hydroxylation is 2. The predicted octanol–water partition coefficient (Wildman–Crippen LogP) is 7.15. The van der Waals surface area contributed by atoms with Gasteiger partial charge in [-0.25, -0.2) is 4.98 Å². The number of pyridine rings is 1. The van der Waals surface area contributed by atoms with Gasteiger partial charge in [0, 0.05) is 17.8 Å². The molecule has 2 aromatic carbocycles. The normalized spacial score (nSPS) is 12.3. The maximum atomic E-state index is 6.47. The van der Waals surface area contributed by atoms with Crippen molar-refractivity contribution in [2.24, 2.45) is 0 Å². The van der Waals surface area contributed by atoms with Gasteiger partial charge in [-0.15, -0.1) is 0 Å². The Hall–Kier alpha value is -2.49. The van der Waals surface area contributed by atoms with Crippen LogP contribution in [0.25, 0.3) is 5.65 Å². The zero-order valence-electron chi connectivity index (χ0n) is 16.0. The van der Waals surface area contributed by atoms with Gasteiger partial charge in [-0.1, -0.05) is 78.7 Å². The lowest BCUT2D eigenvalue weighted by Gasteiger charge is -2.17. The lowest BCUT2D eigenvalue weighted by atomic mass is 9.97. The van der Waals surface area contributed by atoms with Crippen LogP contribution in [0.3, 0.4) is 0 Å². The predicted molar refractivity (Wildman–Crippen MR) is 118 cm³/mol. The van der Waals surface area contributed by atoms with Gasteiger partial charge >= 0.3 is 0 Å². The Morgan fingerprint density at radius 2 is 1.64 bits per heavy atom. The van der Waals surface area contributed by atoms with Gasteiger partial charge in [0.15, 0.2) is 5.65 Å². The van der Waals surface area contributed by atoms with Crippen molar-refractivity contribution in [3.05, 3.63) is 93.2 Å². The summed E-state index contributed by atoms with van der Waals surface area (Å²) in [5, 5.41) is 4.72. The molecular formula is C23H21Cl2N3. The molecule has 2 aromatic heterocycles. The molecule has 0 amide bonds. The van der Waals surface area contributed by atoms with Crippen LogP contribution >= 0.6 is 23.2 Å². The van der Waals surface area contributed by atoms with Gasteiger partial charge in [0.25, 0.3) is 0 Å². The molecule has 4 rings (SSSR count). The minimum atomic E-state index is 0.0859. The highest BCUT2D eigenvalue weighted by Crippen LogP contribution is 2.36. The van der Waals surface area contributed by atoms with Crippen LogP contribution < -0.4 is 5.32 Å². The van der Waals surface area contributed by atoms with Crippen LogP contribution in [0.4, 0.5) is 11.5 Å². The van der Waals surface area contributed by atoms with Gasteiger partial charge in [0.05, 0.1) is 15.7 Å². The fraction of sp³-hybridized carbons (Fsp3) is 0.174. The third-order valence-corrected chi connectivity index (χ3v) is 5.59. The molecule has 3 nitrogen and oxygen atoms in total. The zero-order valence-corrected chi connectivity index (χ0v) is 17.5. The minimum Gasteiger partial charge on any atom is -0.339 e. The van der Waals surface area contributed by atoms with Gasteiger partial charge in [-0.3, -0.25) is 4.40 Å². The van der Waals surface area contributed by atoms with E-state index in [4.69, 9.17) is 28.2 Å². The van der Waals surface area contributed by atoms with Gasteiger partial charge in [-0.2, -0.15) is 0 Å². The first-order valence-electron chi connectivity index (χ1n) is 9.21. The number of halogens is 2. The average Bonchev–Trinajstić information content (AvgIpc) is 3.03. The van der Waals surface area contributed by atoms with E-state index >= 15 is 0 Å². The summed E-state index contributed by atoms with van der Waals surface area (Å²) < 4.78 is 1.95. The first-order valence-corrected chi connectivity index (χ1v) is 9.96. The molecule has 0 aliphatic heterocycles. The summed E-state index contributed by atoms with van der Waals surface area (Å²) in [7, 11) is 0. The lowest BCUT2D eigenvalue weighted by molar-refractivity contribution is 0.888. The van der Waals surface area contributed by atoms with E-state index in [-0.39, 0.29) is 5.92 Å². The van der Waals surface area contributed by atoms with Crippen LogP contribution in [0.15, 0.2) is 60.8 Å². The zero-order chi connectivity index (χ0) is 19.8. The summed E-state index contributed by atoms with van der Waals surface area (Å²) in [6.45, 7) is 6.35. The number of para-hydroxylation sites is 1. The molecule has 2 heterocycles. The standard InChI is InChI=1S/C23H21Cl2N3/c1-14-8-7-9-15(2)20(14)26-23-21(16(3)17-10-5-4-6-11-17)27-22-19(25)12-18(24)13-28(22)23/h4-13,16,26H,1-3H3/t16-/m1/s1. The largest absolute Gasteiger partial charge is 0.339 e. The monoisotopic (exact) mass is 409 g/mol. The smallest absolute Gasteiger partial charge is 0.157 e. The molecule has 0 aliphatic rings. The summed E-state index contributed by atoms with van der Waals surface area (Å²) in [5.74, 6) is 0.968. The van der Waals surface area contributed by atoms with Crippen molar-refractivity contribution >= 4 is 40.4 Å². The molecule has 0 saturated heterocycles. The van der Waals surface area contributed by atoms with Gasteiger partial charge in [-0.05, 0) is 36.6 Å². The number of hydrogen-bond acceptors (Lipinski definition) is 2. The number of rotatable bonds is 4. The number of fused-ring (bicyclic) bond motifs is 1. The average molecular weight is 410 g/mol. The Bertz CT molecular complexity index is 1130. The summed E-state index contributed by atoms with van der Waals surface area (Å²) in [4.78, 5) is 4.89. The molecule has 4 aromatic rings. The van der Waals surface area contributed by atoms with Crippen LogP contribution in [0.1, 0.15) is 35.2 Å². The van der Waals surface area contributed by atoms with Crippen LogP contribution in [0.2, 0.25) is 10.0 Å². The highest BCUT2D eigenvalue weighted by atomic mass is 35.5. The number of aromatic nitrogens is 2. The second kappa shape index (κ2) is 7.50. The van der Waals surface area contributed by atoms with Crippen molar-refractivity contribution in [3.8, 4) is 0 Å². The first kappa shape index (κ1) is 18.9. The van der Waals surface area contributed by atoms with E-state index in [1.54, 1.807) is 6.07 Å². The number of imidazole rings is 1. The van der Waals surface area contributed by atoms with E-state index in [9.17, 15) is 0 Å². The number of nitrogens with one attached hydrogen (secondary N) is 1. The number of hydrogen-bond donors (Lipinski definition) is 1. The Morgan fingerprint density at radius 1 is 0.964 bits per heavy atom. The SMILES string of the molecule is Cc1cccc(C)c1Nc1c([C@H](C)c2ccccc2)nc2c(Cl)cc(Cl)cn12. The van der Waals surface area contributed by atoms with E-state index in [1.807, 2.05) is 28.8 Å². The van der Waals surface area contributed by atoms with Crippen molar-refractivity contribution in [3.63, 3.8) is 0 Å².